The molecule has 112 valence electrons. The maximum atomic E-state index is 12.5. The first-order valence-corrected chi connectivity index (χ1v) is 7.78. The Morgan fingerprint density at radius 1 is 1.15 bits per heavy atom. The summed E-state index contributed by atoms with van der Waals surface area (Å²) in [6.07, 6.45) is 6.37. The highest BCUT2D eigenvalue weighted by molar-refractivity contribution is 6.16. The molecule has 1 N–H and O–H groups in total. The van der Waals surface area contributed by atoms with E-state index in [0.29, 0.717) is 12.3 Å². The van der Waals surface area contributed by atoms with E-state index in [9.17, 15) is 14.4 Å². The molecule has 1 saturated heterocycles. The molecule has 20 heavy (non-hydrogen) atoms. The first kappa shape index (κ1) is 15.0. The second-order valence-electron chi connectivity index (χ2n) is 5.86. The number of nitrogens with zero attached hydrogens (tertiary/aromatic N) is 1. The predicted molar refractivity (Wildman–Crippen MR) is 74.8 cm³/mol. The number of nitrogens with one attached hydrogen (secondary N) is 1. The fraction of sp³-hybridized carbons (Fsp3) is 0.800. The summed E-state index contributed by atoms with van der Waals surface area (Å²) in [5.41, 5.74) is 0. The van der Waals surface area contributed by atoms with Crippen LogP contribution in [0.3, 0.4) is 0 Å². The lowest BCUT2D eigenvalue weighted by atomic mass is 9.81. The van der Waals surface area contributed by atoms with Crippen molar-refractivity contribution in [2.24, 2.45) is 11.8 Å². The van der Waals surface area contributed by atoms with Gasteiger partial charge in [0.05, 0.1) is 0 Å². The Bertz CT molecular complexity index is 408. The topological polar surface area (TPSA) is 66.5 Å². The molecule has 0 radical (unpaired) electrons. The van der Waals surface area contributed by atoms with Crippen molar-refractivity contribution in [3.8, 4) is 0 Å². The van der Waals surface area contributed by atoms with Gasteiger partial charge < -0.3 is 0 Å². The van der Waals surface area contributed by atoms with E-state index >= 15 is 0 Å². The number of hydrogen-bond donors (Lipinski definition) is 1. The molecule has 3 unspecified atom stereocenters. The molecule has 0 aromatic heterocycles. The molecule has 5 heteroatoms. The third-order valence-electron chi connectivity index (χ3n) is 4.60. The van der Waals surface area contributed by atoms with Crippen LogP contribution in [0.2, 0.25) is 0 Å². The number of hydrogen-bond acceptors (Lipinski definition) is 3. The van der Waals surface area contributed by atoms with Crippen LogP contribution in [0.4, 0.5) is 4.79 Å². The fourth-order valence-electron chi connectivity index (χ4n) is 3.49. The first-order chi connectivity index (χ1) is 9.60. The standard InChI is InChI=1S/C15H24N2O3/c1-3-7-11-13(18)16-15(20)17(14(11)19)12-9-6-5-8-10(12)4-2/h10-12H,3-9H2,1-2H3,(H,16,18,20). The average molecular weight is 280 g/mol. The molecule has 0 bridgehead atoms. The van der Waals surface area contributed by atoms with Crippen LogP contribution in [-0.2, 0) is 9.59 Å². The van der Waals surface area contributed by atoms with Crippen molar-refractivity contribution < 1.29 is 14.4 Å². The first-order valence-electron chi connectivity index (χ1n) is 7.78. The number of rotatable bonds is 4. The second-order valence-corrected chi connectivity index (χ2v) is 5.86. The van der Waals surface area contributed by atoms with E-state index in [0.717, 1.165) is 38.5 Å². The normalized spacial score (nSPS) is 31.4. The van der Waals surface area contributed by atoms with E-state index in [2.05, 4.69) is 12.2 Å². The molecule has 4 amide bonds. The minimum absolute atomic E-state index is 0.0336. The quantitative estimate of drug-likeness (QED) is 0.804. The second kappa shape index (κ2) is 6.37. The molecule has 1 saturated carbocycles. The highest BCUT2D eigenvalue weighted by Crippen LogP contribution is 2.33. The van der Waals surface area contributed by atoms with Crippen LogP contribution >= 0.6 is 0 Å². The summed E-state index contributed by atoms with van der Waals surface area (Å²) in [4.78, 5) is 37.8. The van der Waals surface area contributed by atoms with Crippen LogP contribution < -0.4 is 5.32 Å². The van der Waals surface area contributed by atoms with Crippen molar-refractivity contribution in [3.63, 3.8) is 0 Å². The van der Waals surface area contributed by atoms with E-state index in [1.807, 2.05) is 6.92 Å². The number of barbiturate groups is 1. The van der Waals surface area contributed by atoms with Crippen LogP contribution in [0.15, 0.2) is 0 Å². The minimum Gasteiger partial charge on any atom is -0.277 e. The van der Waals surface area contributed by atoms with Gasteiger partial charge in [-0.2, -0.15) is 0 Å². The van der Waals surface area contributed by atoms with Crippen molar-refractivity contribution in [1.29, 1.82) is 0 Å². The zero-order valence-corrected chi connectivity index (χ0v) is 12.4. The van der Waals surface area contributed by atoms with E-state index < -0.39 is 17.9 Å². The van der Waals surface area contributed by atoms with Crippen molar-refractivity contribution in [3.05, 3.63) is 0 Å². The highest BCUT2D eigenvalue weighted by atomic mass is 16.2. The smallest absolute Gasteiger partial charge is 0.277 e. The third-order valence-corrected chi connectivity index (χ3v) is 4.60. The zero-order chi connectivity index (χ0) is 14.7. The summed E-state index contributed by atoms with van der Waals surface area (Å²) in [6, 6.07) is -0.550. The van der Waals surface area contributed by atoms with Crippen LogP contribution in [0.5, 0.6) is 0 Å². The molecular formula is C15H24N2O3. The van der Waals surface area contributed by atoms with Crippen LogP contribution in [0, 0.1) is 11.8 Å². The van der Waals surface area contributed by atoms with E-state index in [4.69, 9.17) is 0 Å². The Labute approximate surface area is 120 Å². The number of amides is 4. The maximum Gasteiger partial charge on any atom is 0.331 e. The van der Waals surface area contributed by atoms with Gasteiger partial charge in [-0.25, -0.2) is 4.79 Å². The molecule has 3 atom stereocenters. The SMILES string of the molecule is CCCC1C(=O)NC(=O)N(C2CCCCC2CC)C1=O. The van der Waals surface area contributed by atoms with Gasteiger partial charge in [0.1, 0.15) is 5.92 Å². The molecule has 1 aliphatic heterocycles. The third kappa shape index (κ3) is 2.72. The van der Waals surface area contributed by atoms with E-state index in [-0.39, 0.29) is 11.9 Å². The van der Waals surface area contributed by atoms with Crippen molar-refractivity contribution >= 4 is 17.8 Å². The molecule has 2 fully saturated rings. The highest BCUT2D eigenvalue weighted by Gasteiger charge is 2.45. The molecule has 5 nitrogen and oxygen atoms in total. The lowest BCUT2D eigenvalue weighted by Crippen LogP contribution is -2.62. The lowest BCUT2D eigenvalue weighted by Gasteiger charge is -2.41. The van der Waals surface area contributed by atoms with Crippen LogP contribution in [-0.4, -0.2) is 28.8 Å². The zero-order valence-electron chi connectivity index (χ0n) is 12.4. The minimum atomic E-state index is -0.683. The average Bonchev–Trinajstić information content (AvgIpc) is 2.44. The van der Waals surface area contributed by atoms with E-state index in [1.165, 1.54) is 4.90 Å². The molecular weight excluding hydrogens is 256 g/mol. The summed E-state index contributed by atoms with van der Waals surface area (Å²) in [7, 11) is 0. The molecule has 1 heterocycles. The number of imide groups is 2. The maximum absolute atomic E-state index is 12.5. The summed E-state index contributed by atoms with van der Waals surface area (Å²) in [5, 5.41) is 2.36. The lowest BCUT2D eigenvalue weighted by molar-refractivity contribution is -0.145. The number of carbonyl (C=O) groups excluding carboxylic acids is 3. The van der Waals surface area contributed by atoms with Gasteiger partial charge in [-0.1, -0.05) is 39.5 Å². The van der Waals surface area contributed by atoms with Gasteiger partial charge >= 0.3 is 6.03 Å². The molecule has 0 aromatic rings. The predicted octanol–water partition coefficient (Wildman–Crippen LogP) is 2.45. The summed E-state index contributed by atoms with van der Waals surface area (Å²) in [5.74, 6) is -1.03. The Morgan fingerprint density at radius 3 is 2.50 bits per heavy atom. The fourth-order valence-corrected chi connectivity index (χ4v) is 3.49. The molecule has 2 rings (SSSR count). The molecule has 0 spiro atoms. The summed E-state index contributed by atoms with van der Waals surface area (Å²) in [6.45, 7) is 4.04. The van der Waals surface area contributed by atoms with Gasteiger partial charge in [-0.15, -0.1) is 0 Å². The van der Waals surface area contributed by atoms with Crippen molar-refractivity contribution in [1.82, 2.24) is 10.2 Å². The Hall–Kier alpha value is -1.39. The van der Waals surface area contributed by atoms with Gasteiger partial charge in [0, 0.05) is 6.04 Å². The number of urea groups is 1. The monoisotopic (exact) mass is 280 g/mol. The Balaban J connectivity index is 2.21. The van der Waals surface area contributed by atoms with Crippen LogP contribution in [0.25, 0.3) is 0 Å². The van der Waals surface area contributed by atoms with Gasteiger partial charge in [-0.3, -0.25) is 19.8 Å². The molecule has 1 aliphatic carbocycles. The van der Waals surface area contributed by atoms with Crippen molar-refractivity contribution in [2.45, 2.75) is 64.8 Å². The van der Waals surface area contributed by atoms with Gasteiger partial charge in [0.15, 0.2) is 0 Å². The van der Waals surface area contributed by atoms with E-state index in [1.54, 1.807) is 0 Å². The van der Waals surface area contributed by atoms with Gasteiger partial charge in [-0.05, 0) is 25.2 Å². The van der Waals surface area contributed by atoms with Gasteiger partial charge in [0.2, 0.25) is 11.8 Å². The molecule has 2 aliphatic rings. The molecule has 0 aromatic carbocycles. The van der Waals surface area contributed by atoms with Crippen LogP contribution in [0.1, 0.15) is 58.8 Å². The number of carbonyl (C=O) groups is 3. The Kier molecular flexibility index (Phi) is 4.78. The largest absolute Gasteiger partial charge is 0.331 e. The van der Waals surface area contributed by atoms with Gasteiger partial charge in [0.25, 0.3) is 0 Å². The van der Waals surface area contributed by atoms with Crippen molar-refractivity contribution in [2.75, 3.05) is 0 Å². The Morgan fingerprint density at radius 2 is 1.85 bits per heavy atom. The summed E-state index contributed by atoms with van der Waals surface area (Å²) < 4.78 is 0. The summed E-state index contributed by atoms with van der Waals surface area (Å²) >= 11 is 0.